The third-order valence-electron chi connectivity index (χ3n) is 3.41. The summed E-state index contributed by atoms with van der Waals surface area (Å²) in [7, 11) is 0. The Bertz CT molecular complexity index is 459. The van der Waals surface area contributed by atoms with Crippen LogP contribution in [0.4, 0.5) is 0 Å². The zero-order valence-corrected chi connectivity index (χ0v) is 12.5. The number of hydrogen-bond donors (Lipinski definition) is 1. The van der Waals surface area contributed by atoms with E-state index in [2.05, 4.69) is 35.5 Å². The minimum absolute atomic E-state index is 0.0430. The first kappa shape index (κ1) is 14.4. The van der Waals surface area contributed by atoms with Crippen LogP contribution in [0.5, 0.6) is 0 Å². The van der Waals surface area contributed by atoms with Crippen LogP contribution in [0.25, 0.3) is 0 Å². The SMILES string of the molecule is CCCC1CC1n1c(SCC(=O)O)nnc1C(C)C. The zero-order valence-electron chi connectivity index (χ0n) is 11.7. The Morgan fingerprint density at radius 2 is 2.26 bits per heavy atom. The molecular weight excluding hydrogens is 262 g/mol. The first-order valence-corrected chi connectivity index (χ1v) is 7.82. The lowest BCUT2D eigenvalue weighted by Crippen LogP contribution is -2.07. The summed E-state index contributed by atoms with van der Waals surface area (Å²) in [5.41, 5.74) is 0. The van der Waals surface area contributed by atoms with Gasteiger partial charge in [0.25, 0.3) is 0 Å². The second-order valence-corrected chi connectivity index (χ2v) is 6.34. The van der Waals surface area contributed by atoms with Gasteiger partial charge in [-0.3, -0.25) is 4.79 Å². The summed E-state index contributed by atoms with van der Waals surface area (Å²) < 4.78 is 2.18. The van der Waals surface area contributed by atoms with E-state index in [9.17, 15) is 4.79 Å². The average Bonchev–Trinajstić information content (AvgIpc) is 2.96. The molecule has 2 atom stereocenters. The quantitative estimate of drug-likeness (QED) is 0.779. The lowest BCUT2D eigenvalue weighted by atomic mass is 10.2. The average molecular weight is 283 g/mol. The highest BCUT2D eigenvalue weighted by Crippen LogP contribution is 2.49. The van der Waals surface area contributed by atoms with E-state index in [0.29, 0.717) is 17.9 Å². The molecule has 2 unspecified atom stereocenters. The van der Waals surface area contributed by atoms with Crippen molar-refractivity contribution >= 4 is 17.7 Å². The van der Waals surface area contributed by atoms with Crippen molar-refractivity contribution in [1.29, 1.82) is 0 Å². The molecule has 1 aliphatic rings. The lowest BCUT2D eigenvalue weighted by Gasteiger charge is -2.11. The third kappa shape index (κ3) is 3.29. The fourth-order valence-corrected chi connectivity index (χ4v) is 3.17. The molecule has 1 heterocycles. The molecule has 5 nitrogen and oxygen atoms in total. The first-order chi connectivity index (χ1) is 9.04. The van der Waals surface area contributed by atoms with Gasteiger partial charge in [0.2, 0.25) is 0 Å². The molecule has 106 valence electrons. The van der Waals surface area contributed by atoms with Crippen LogP contribution in [0.2, 0.25) is 0 Å². The molecule has 6 heteroatoms. The monoisotopic (exact) mass is 283 g/mol. The minimum Gasteiger partial charge on any atom is -0.481 e. The number of rotatable bonds is 7. The summed E-state index contributed by atoms with van der Waals surface area (Å²) in [6.45, 7) is 6.40. The van der Waals surface area contributed by atoms with Crippen molar-refractivity contribution in [2.45, 2.75) is 57.1 Å². The van der Waals surface area contributed by atoms with Gasteiger partial charge in [-0.25, -0.2) is 0 Å². The predicted octanol–water partition coefficient (Wildman–Crippen LogP) is 2.94. The van der Waals surface area contributed by atoms with Crippen molar-refractivity contribution in [3.05, 3.63) is 5.82 Å². The van der Waals surface area contributed by atoms with Gasteiger partial charge in [-0.05, 0) is 18.8 Å². The van der Waals surface area contributed by atoms with E-state index in [4.69, 9.17) is 5.11 Å². The maximum absolute atomic E-state index is 10.7. The molecule has 1 aliphatic carbocycles. The second kappa shape index (κ2) is 5.94. The molecule has 1 fully saturated rings. The lowest BCUT2D eigenvalue weighted by molar-refractivity contribution is -0.133. The largest absolute Gasteiger partial charge is 0.481 e. The summed E-state index contributed by atoms with van der Waals surface area (Å²) in [5, 5.41) is 18.0. The second-order valence-electron chi connectivity index (χ2n) is 5.40. The van der Waals surface area contributed by atoms with Crippen molar-refractivity contribution in [3.63, 3.8) is 0 Å². The highest BCUT2D eigenvalue weighted by Gasteiger charge is 2.41. The summed E-state index contributed by atoms with van der Waals surface area (Å²) in [5.74, 6) is 1.24. The Hall–Kier alpha value is -1.04. The molecule has 0 aromatic carbocycles. The van der Waals surface area contributed by atoms with Crippen LogP contribution in [-0.2, 0) is 4.79 Å². The maximum atomic E-state index is 10.7. The standard InChI is InChI=1S/C13H21N3O2S/c1-4-5-9-6-10(9)16-12(8(2)3)14-15-13(16)19-7-11(17)18/h8-10H,4-7H2,1-3H3,(H,17,18). The van der Waals surface area contributed by atoms with Crippen LogP contribution >= 0.6 is 11.8 Å². The van der Waals surface area contributed by atoms with Crippen LogP contribution in [0.15, 0.2) is 5.16 Å². The van der Waals surface area contributed by atoms with Gasteiger partial charge < -0.3 is 9.67 Å². The first-order valence-electron chi connectivity index (χ1n) is 6.84. The molecule has 1 N–H and O–H groups in total. The van der Waals surface area contributed by atoms with Crippen LogP contribution in [0.3, 0.4) is 0 Å². The predicted molar refractivity (Wildman–Crippen MR) is 74.5 cm³/mol. The minimum atomic E-state index is -0.813. The molecule has 1 saturated carbocycles. The topological polar surface area (TPSA) is 68.0 Å². The number of carboxylic acids is 1. The van der Waals surface area contributed by atoms with E-state index in [0.717, 1.165) is 11.0 Å². The van der Waals surface area contributed by atoms with Gasteiger partial charge in [0.05, 0.1) is 5.75 Å². The van der Waals surface area contributed by atoms with E-state index >= 15 is 0 Å². The molecule has 0 bridgehead atoms. The smallest absolute Gasteiger partial charge is 0.313 e. The molecule has 19 heavy (non-hydrogen) atoms. The Morgan fingerprint density at radius 1 is 1.53 bits per heavy atom. The number of aliphatic carboxylic acids is 1. The Morgan fingerprint density at radius 3 is 2.84 bits per heavy atom. The molecule has 1 aromatic rings. The van der Waals surface area contributed by atoms with Crippen LogP contribution in [-0.4, -0.2) is 31.6 Å². The van der Waals surface area contributed by atoms with Gasteiger partial charge in [-0.15, -0.1) is 10.2 Å². The molecule has 0 spiro atoms. The Kier molecular flexibility index (Phi) is 4.50. The summed E-state index contributed by atoms with van der Waals surface area (Å²) >= 11 is 1.27. The van der Waals surface area contributed by atoms with Crippen molar-refractivity contribution in [1.82, 2.24) is 14.8 Å². The highest BCUT2D eigenvalue weighted by atomic mass is 32.2. The molecule has 2 rings (SSSR count). The van der Waals surface area contributed by atoms with Gasteiger partial charge in [-0.2, -0.15) is 0 Å². The van der Waals surface area contributed by atoms with E-state index < -0.39 is 5.97 Å². The molecule has 1 aromatic heterocycles. The zero-order chi connectivity index (χ0) is 14.0. The normalized spacial score (nSPS) is 21.9. The Labute approximate surface area is 117 Å². The molecule has 0 saturated heterocycles. The summed E-state index contributed by atoms with van der Waals surface area (Å²) in [6, 6.07) is 0.476. The van der Waals surface area contributed by atoms with Crippen LogP contribution < -0.4 is 0 Å². The molecular formula is C13H21N3O2S. The molecule has 0 amide bonds. The number of nitrogens with zero attached hydrogens (tertiary/aromatic N) is 3. The molecule has 0 aliphatic heterocycles. The number of carbonyl (C=O) groups is 1. The van der Waals surface area contributed by atoms with Crippen LogP contribution in [0.1, 0.15) is 57.8 Å². The van der Waals surface area contributed by atoms with Gasteiger partial charge in [-0.1, -0.05) is 39.0 Å². The van der Waals surface area contributed by atoms with E-state index in [-0.39, 0.29) is 5.75 Å². The Balaban J connectivity index is 2.17. The van der Waals surface area contributed by atoms with Crippen molar-refractivity contribution in [2.75, 3.05) is 5.75 Å². The van der Waals surface area contributed by atoms with Gasteiger partial charge in [0.15, 0.2) is 5.16 Å². The van der Waals surface area contributed by atoms with Crippen molar-refractivity contribution in [3.8, 4) is 0 Å². The third-order valence-corrected chi connectivity index (χ3v) is 4.34. The van der Waals surface area contributed by atoms with E-state index in [1.54, 1.807) is 0 Å². The fourth-order valence-electron chi connectivity index (χ4n) is 2.45. The van der Waals surface area contributed by atoms with E-state index in [1.165, 1.54) is 31.0 Å². The summed E-state index contributed by atoms with van der Waals surface area (Å²) in [6.07, 6.45) is 3.59. The maximum Gasteiger partial charge on any atom is 0.313 e. The van der Waals surface area contributed by atoms with Crippen molar-refractivity contribution in [2.24, 2.45) is 5.92 Å². The number of aromatic nitrogens is 3. The molecule has 0 radical (unpaired) electrons. The van der Waals surface area contributed by atoms with Gasteiger partial charge in [0, 0.05) is 12.0 Å². The fraction of sp³-hybridized carbons (Fsp3) is 0.769. The van der Waals surface area contributed by atoms with Crippen LogP contribution in [0, 0.1) is 5.92 Å². The number of hydrogen-bond acceptors (Lipinski definition) is 4. The highest BCUT2D eigenvalue weighted by molar-refractivity contribution is 7.99. The number of thioether (sulfide) groups is 1. The summed E-state index contributed by atoms with van der Waals surface area (Å²) in [4.78, 5) is 10.7. The van der Waals surface area contributed by atoms with Gasteiger partial charge >= 0.3 is 5.97 Å². The van der Waals surface area contributed by atoms with Crippen molar-refractivity contribution < 1.29 is 9.90 Å². The van der Waals surface area contributed by atoms with E-state index in [1.807, 2.05) is 0 Å². The van der Waals surface area contributed by atoms with Gasteiger partial charge in [0.1, 0.15) is 5.82 Å². The number of carboxylic acid groups (broad SMARTS) is 1.